The van der Waals surface area contributed by atoms with E-state index in [1.54, 1.807) is 7.11 Å². The molecule has 0 aromatic heterocycles. The molecule has 1 rings (SSSR count). The third-order valence-electron chi connectivity index (χ3n) is 1.62. The topological polar surface area (TPSA) is 9.23 Å². The molecule has 1 aromatic carbocycles. The van der Waals surface area contributed by atoms with E-state index in [-0.39, 0.29) is 0 Å². The van der Waals surface area contributed by atoms with Gasteiger partial charge in [-0.25, -0.2) is 0 Å². The number of rotatable bonds is 2. The highest BCUT2D eigenvalue weighted by molar-refractivity contribution is 9.10. The molecular weight excluding hydrogens is 203 g/mol. The van der Waals surface area contributed by atoms with Crippen molar-refractivity contribution < 1.29 is 4.74 Å². The van der Waals surface area contributed by atoms with Crippen LogP contribution in [0.4, 0.5) is 0 Å². The highest BCUT2D eigenvalue weighted by atomic mass is 79.9. The van der Waals surface area contributed by atoms with Crippen LogP contribution in [0.15, 0.2) is 22.7 Å². The Morgan fingerprint density at radius 1 is 1.55 bits per heavy atom. The van der Waals surface area contributed by atoms with Gasteiger partial charge < -0.3 is 4.74 Å². The molecule has 58 valence electrons. The average Bonchev–Trinajstić information content (AvgIpc) is 2.04. The number of hydrogen-bond acceptors (Lipinski definition) is 1. The molecule has 0 amide bonds. The molecule has 1 aromatic rings. The smallest absolute Gasteiger partial charge is 0.133 e. The molecule has 0 unspecified atom stereocenters. The van der Waals surface area contributed by atoms with Crippen molar-refractivity contribution in [2.24, 2.45) is 0 Å². The summed E-state index contributed by atoms with van der Waals surface area (Å²) in [5.74, 6) is 0.891. The zero-order chi connectivity index (χ0) is 8.27. The standard InChI is InChI=1S/C8H10BBrO/c1-11-8-3-2-6(5-9)4-7(8)10/h2-4H,5,9H2,1H3. The summed E-state index contributed by atoms with van der Waals surface area (Å²) in [4.78, 5) is 0. The van der Waals surface area contributed by atoms with Gasteiger partial charge in [0.1, 0.15) is 13.6 Å². The van der Waals surface area contributed by atoms with Crippen molar-refractivity contribution in [2.75, 3.05) is 7.11 Å². The van der Waals surface area contributed by atoms with Gasteiger partial charge in [-0.3, -0.25) is 0 Å². The molecule has 0 saturated carbocycles. The lowest BCUT2D eigenvalue weighted by atomic mass is 9.97. The van der Waals surface area contributed by atoms with Gasteiger partial charge in [-0.2, -0.15) is 0 Å². The van der Waals surface area contributed by atoms with Crippen molar-refractivity contribution in [1.29, 1.82) is 0 Å². The van der Waals surface area contributed by atoms with E-state index < -0.39 is 0 Å². The Kier molecular flexibility index (Phi) is 3.00. The number of benzene rings is 1. The lowest BCUT2D eigenvalue weighted by molar-refractivity contribution is 0.412. The first-order valence-corrected chi connectivity index (χ1v) is 4.39. The average molecular weight is 213 g/mol. The number of halogens is 1. The largest absolute Gasteiger partial charge is 0.496 e. The van der Waals surface area contributed by atoms with Crippen molar-refractivity contribution in [3.8, 4) is 5.75 Å². The molecule has 0 bridgehead atoms. The van der Waals surface area contributed by atoms with Gasteiger partial charge in [0.05, 0.1) is 11.6 Å². The van der Waals surface area contributed by atoms with Crippen LogP contribution in [0.5, 0.6) is 5.75 Å². The fourth-order valence-electron chi connectivity index (χ4n) is 0.930. The Bertz CT molecular complexity index is 250. The maximum atomic E-state index is 5.10. The third-order valence-corrected chi connectivity index (χ3v) is 2.24. The SMILES string of the molecule is BCc1ccc(OC)c(Br)c1. The van der Waals surface area contributed by atoms with Gasteiger partial charge in [-0.05, 0) is 28.1 Å². The van der Waals surface area contributed by atoms with Crippen molar-refractivity contribution in [3.05, 3.63) is 28.2 Å². The number of hydrogen-bond donors (Lipinski definition) is 0. The second-order valence-electron chi connectivity index (χ2n) is 2.32. The van der Waals surface area contributed by atoms with Gasteiger partial charge in [-0.15, -0.1) is 0 Å². The van der Waals surface area contributed by atoms with E-state index in [9.17, 15) is 0 Å². The molecule has 0 fully saturated rings. The van der Waals surface area contributed by atoms with Gasteiger partial charge in [0.2, 0.25) is 0 Å². The number of ether oxygens (including phenoxy) is 1. The lowest BCUT2D eigenvalue weighted by Gasteiger charge is -2.03. The quantitative estimate of drug-likeness (QED) is 0.677. The predicted molar refractivity (Wildman–Crippen MR) is 52.9 cm³/mol. The fourth-order valence-corrected chi connectivity index (χ4v) is 1.52. The molecule has 0 spiro atoms. The Morgan fingerprint density at radius 3 is 2.73 bits per heavy atom. The minimum Gasteiger partial charge on any atom is -0.496 e. The van der Waals surface area contributed by atoms with E-state index in [4.69, 9.17) is 4.74 Å². The second-order valence-corrected chi connectivity index (χ2v) is 3.18. The molecule has 11 heavy (non-hydrogen) atoms. The predicted octanol–water partition coefficient (Wildman–Crippen LogP) is 1.59. The van der Waals surface area contributed by atoms with Crippen LogP contribution in [-0.2, 0) is 6.32 Å². The third kappa shape index (κ3) is 1.99. The molecular formula is C8H10BBrO. The van der Waals surface area contributed by atoms with Gasteiger partial charge in [0.15, 0.2) is 0 Å². The molecule has 0 radical (unpaired) electrons. The summed E-state index contributed by atoms with van der Waals surface area (Å²) in [5.41, 5.74) is 1.32. The summed E-state index contributed by atoms with van der Waals surface area (Å²) in [6, 6.07) is 6.13. The normalized spacial score (nSPS) is 9.64. The number of methoxy groups -OCH3 is 1. The van der Waals surface area contributed by atoms with Crippen LogP contribution in [0.3, 0.4) is 0 Å². The summed E-state index contributed by atoms with van der Waals surface area (Å²) in [6.45, 7) is 0. The van der Waals surface area contributed by atoms with E-state index in [0.29, 0.717) is 0 Å². The monoisotopic (exact) mass is 212 g/mol. The molecule has 0 aliphatic rings. The maximum absolute atomic E-state index is 5.10. The van der Waals surface area contributed by atoms with E-state index >= 15 is 0 Å². The molecule has 0 saturated heterocycles. The van der Waals surface area contributed by atoms with Crippen LogP contribution in [0.2, 0.25) is 0 Å². The first kappa shape index (κ1) is 8.66. The van der Waals surface area contributed by atoms with E-state index in [1.165, 1.54) is 5.56 Å². The molecule has 3 heteroatoms. The van der Waals surface area contributed by atoms with E-state index in [1.807, 2.05) is 6.07 Å². The zero-order valence-corrected chi connectivity index (χ0v) is 8.31. The fraction of sp³-hybridized carbons (Fsp3) is 0.250. The van der Waals surface area contributed by atoms with Gasteiger partial charge in [0, 0.05) is 0 Å². The molecule has 0 aliphatic carbocycles. The molecule has 0 aliphatic heterocycles. The van der Waals surface area contributed by atoms with Gasteiger partial charge in [0.25, 0.3) is 0 Å². The maximum Gasteiger partial charge on any atom is 0.133 e. The summed E-state index contributed by atoms with van der Waals surface area (Å²) < 4.78 is 6.12. The molecule has 0 N–H and O–H groups in total. The Balaban J connectivity index is 2.99. The first-order valence-electron chi connectivity index (χ1n) is 3.60. The van der Waals surface area contributed by atoms with E-state index in [2.05, 4.69) is 35.9 Å². The minimum atomic E-state index is 0.891. The highest BCUT2D eigenvalue weighted by Gasteiger charge is 1.98. The van der Waals surface area contributed by atoms with Gasteiger partial charge >= 0.3 is 0 Å². The highest BCUT2D eigenvalue weighted by Crippen LogP contribution is 2.25. The summed E-state index contributed by atoms with van der Waals surface area (Å²) in [6.07, 6.45) is 1.06. The Hall–Kier alpha value is -0.435. The van der Waals surface area contributed by atoms with E-state index in [0.717, 1.165) is 16.5 Å². The Morgan fingerprint density at radius 2 is 2.27 bits per heavy atom. The van der Waals surface area contributed by atoms with Gasteiger partial charge in [-0.1, -0.05) is 17.9 Å². The summed E-state index contributed by atoms with van der Waals surface area (Å²) in [5, 5.41) is 0. The first-order chi connectivity index (χ1) is 5.27. The second kappa shape index (κ2) is 3.81. The summed E-state index contributed by atoms with van der Waals surface area (Å²) >= 11 is 3.42. The zero-order valence-electron chi connectivity index (χ0n) is 6.73. The van der Waals surface area contributed by atoms with Crippen LogP contribution >= 0.6 is 15.9 Å². The van der Waals surface area contributed by atoms with Crippen LogP contribution in [0.1, 0.15) is 5.56 Å². The van der Waals surface area contributed by atoms with Crippen LogP contribution in [0.25, 0.3) is 0 Å². The molecule has 0 atom stereocenters. The van der Waals surface area contributed by atoms with Crippen molar-refractivity contribution >= 4 is 23.8 Å². The van der Waals surface area contributed by atoms with Crippen LogP contribution in [-0.4, -0.2) is 15.0 Å². The van der Waals surface area contributed by atoms with Crippen molar-refractivity contribution in [2.45, 2.75) is 6.32 Å². The van der Waals surface area contributed by atoms with Crippen molar-refractivity contribution in [1.82, 2.24) is 0 Å². The molecule has 1 nitrogen and oxygen atoms in total. The van der Waals surface area contributed by atoms with Crippen molar-refractivity contribution in [3.63, 3.8) is 0 Å². The molecule has 0 heterocycles. The van der Waals surface area contributed by atoms with Crippen LogP contribution in [0, 0.1) is 0 Å². The van der Waals surface area contributed by atoms with Crippen LogP contribution < -0.4 is 4.74 Å². The Labute approximate surface area is 76.3 Å². The minimum absolute atomic E-state index is 0.891. The summed E-state index contributed by atoms with van der Waals surface area (Å²) in [7, 11) is 3.81. The lowest BCUT2D eigenvalue weighted by Crippen LogP contribution is -1.87.